The normalized spacial score (nSPS) is 32.3. The number of ether oxygens (including phenoxy) is 1. The van der Waals surface area contributed by atoms with E-state index in [0.717, 1.165) is 70.6 Å². The number of sulfonamides is 1. The molecule has 5 rings (SSSR count). The predicted octanol–water partition coefficient (Wildman–Crippen LogP) is 6.26. The Morgan fingerprint density at radius 1 is 0.941 bits per heavy atom. The van der Waals surface area contributed by atoms with E-state index in [1.54, 1.807) is 18.2 Å². The lowest BCUT2D eigenvalue weighted by Gasteiger charge is -2.46. The molecule has 0 radical (unpaired) electrons. The van der Waals surface area contributed by atoms with Gasteiger partial charge in [0.15, 0.2) is 11.5 Å². The largest absolute Gasteiger partial charge is 0.504 e. The van der Waals surface area contributed by atoms with Crippen LogP contribution < -0.4 is 4.74 Å². The van der Waals surface area contributed by atoms with E-state index in [1.807, 2.05) is 10.4 Å². The zero-order valence-corrected chi connectivity index (χ0v) is 21.9. The minimum atomic E-state index is -3.46. The minimum absolute atomic E-state index is 0.111. The highest BCUT2D eigenvalue weighted by atomic mass is 32.2. The summed E-state index contributed by atoms with van der Waals surface area (Å²) in [5.74, 6) is 1.24. The molecule has 5 nitrogen and oxygen atoms in total. The number of phenolic OH excluding ortho intramolecular Hbond substituents is 1. The van der Waals surface area contributed by atoms with Crippen LogP contribution in [-0.4, -0.2) is 41.8 Å². The maximum Gasteiger partial charge on any atom is 0.215 e. The molecule has 0 spiro atoms. The number of nitrogens with zero attached hydrogens (tertiary/aromatic N) is 1. The second kappa shape index (κ2) is 9.31. The number of hydrogen-bond acceptors (Lipinski definition) is 4. The van der Waals surface area contributed by atoms with Crippen LogP contribution in [0.25, 0.3) is 0 Å². The van der Waals surface area contributed by atoms with Gasteiger partial charge in [0.2, 0.25) is 10.0 Å². The summed E-state index contributed by atoms with van der Waals surface area (Å²) in [4.78, 5) is 0. The maximum absolute atomic E-state index is 14.4. The number of hydrogen-bond donors (Lipinski definition) is 1. The summed E-state index contributed by atoms with van der Waals surface area (Å²) in [6, 6.07) is 7.43. The highest BCUT2D eigenvalue weighted by Crippen LogP contribution is 2.67. The van der Waals surface area contributed by atoms with Gasteiger partial charge < -0.3 is 9.84 Å². The average molecular weight is 490 g/mol. The minimum Gasteiger partial charge on any atom is -0.504 e. The lowest BCUT2D eigenvalue weighted by atomic mass is 9.69. The molecule has 3 unspecified atom stereocenters. The van der Waals surface area contributed by atoms with Gasteiger partial charge in [0, 0.05) is 17.5 Å². The Bertz CT molecular complexity index is 946. The number of benzene rings is 1. The lowest BCUT2D eigenvalue weighted by molar-refractivity contribution is 0.0293. The first-order chi connectivity index (χ1) is 16.2. The van der Waals surface area contributed by atoms with E-state index < -0.39 is 15.4 Å². The van der Waals surface area contributed by atoms with Crippen molar-refractivity contribution < 1.29 is 18.3 Å². The van der Waals surface area contributed by atoms with Crippen LogP contribution in [0.3, 0.4) is 0 Å². The van der Waals surface area contributed by atoms with Crippen molar-refractivity contribution in [3.8, 4) is 11.5 Å². The third-order valence-corrected chi connectivity index (χ3v) is 12.2. The molecule has 2 bridgehead atoms. The third-order valence-electron chi connectivity index (χ3n) is 10.1. The van der Waals surface area contributed by atoms with E-state index in [4.69, 9.17) is 4.74 Å². The van der Waals surface area contributed by atoms with Crippen molar-refractivity contribution in [2.45, 2.75) is 116 Å². The fourth-order valence-corrected chi connectivity index (χ4v) is 10.9. The van der Waals surface area contributed by atoms with Gasteiger partial charge in [0.25, 0.3) is 0 Å². The fourth-order valence-electron chi connectivity index (χ4n) is 8.04. The van der Waals surface area contributed by atoms with Crippen LogP contribution in [0.1, 0.15) is 97.3 Å². The molecular weight excluding hydrogens is 446 g/mol. The van der Waals surface area contributed by atoms with Crippen LogP contribution in [0.2, 0.25) is 0 Å². The monoisotopic (exact) mass is 489 g/mol. The van der Waals surface area contributed by atoms with Crippen molar-refractivity contribution in [3.63, 3.8) is 0 Å². The van der Waals surface area contributed by atoms with Gasteiger partial charge in [-0.05, 0) is 68.4 Å². The number of aromatic hydroxyl groups is 1. The summed E-state index contributed by atoms with van der Waals surface area (Å²) < 4.78 is 37.4. The van der Waals surface area contributed by atoms with Crippen LogP contribution in [-0.2, 0) is 10.0 Å². The summed E-state index contributed by atoms with van der Waals surface area (Å²) in [6.45, 7) is 4.53. The Kier molecular flexibility index (Phi) is 6.69. The van der Waals surface area contributed by atoms with Gasteiger partial charge in [-0.15, -0.1) is 0 Å². The highest BCUT2D eigenvalue weighted by Gasteiger charge is 2.67. The molecule has 1 aromatic rings. The van der Waals surface area contributed by atoms with Crippen molar-refractivity contribution in [3.05, 3.63) is 24.3 Å². The third kappa shape index (κ3) is 4.17. The van der Waals surface area contributed by atoms with E-state index >= 15 is 0 Å². The van der Waals surface area contributed by atoms with Crippen LogP contribution in [0.4, 0.5) is 0 Å². The van der Waals surface area contributed by atoms with Gasteiger partial charge in [-0.3, -0.25) is 0 Å². The van der Waals surface area contributed by atoms with E-state index in [-0.39, 0.29) is 35.1 Å². The summed E-state index contributed by atoms with van der Waals surface area (Å²) in [6.07, 6.45) is 13.7. The van der Waals surface area contributed by atoms with Gasteiger partial charge in [-0.1, -0.05) is 64.5 Å². The molecule has 190 valence electrons. The first-order valence-electron chi connectivity index (χ1n) is 13.7. The van der Waals surface area contributed by atoms with Gasteiger partial charge in [-0.2, -0.15) is 4.31 Å². The quantitative estimate of drug-likeness (QED) is 0.491. The molecule has 1 aromatic carbocycles. The van der Waals surface area contributed by atoms with Gasteiger partial charge in [-0.25, -0.2) is 8.42 Å². The Morgan fingerprint density at radius 2 is 1.53 bits per heavy atom. The van der Waals surface area contributed by atoms with Crippen molar-refractivity contribution in [2.24, 2.45) is 16.7 Å². The van der Waals surface area contributed by atoms with Crippen LogP contribution in [0, 0.1) is 16.7 Å². The van der Waals surface area contributed by atoms with Crippen molar-refractivity contribution in [1.82, 2.24) is 4.31 Å². The summed E-state index contributed by atoms with van der Waals surface area (Å²) in [5.41, 5.74) is -0.541. The molecule has 0 aliphatic heterocycles. The smallest absolute Gasteiger partial charge is 0.215 e. The second-order valence-corrected chi connectivity index (χ2v) is 14.0. The van der Waals surface area contributed by atoms with E-state index in [2.05, 4.69) is 13.8 Å². The zero-order valence-electron chi connectivity index (χ0n) is 21.0. The molecular formula is C28H43NO4S. The van der Waals surface area contributed by atoms with Crippen molar-refractivity contribution in [1.29, 1.82) is 0 Å². The predicted molar refractivity (Wildman–Crippen MR) is 135 cm³/mol. The van der Waals surface area contributed by atoms with Gasteiger partial charge in [0.1, 0.15) is 6.10 Å². The fraction of sp³-hybridized carbons (Fsp3) is 0.786. The topological polar surface area (TPSA) is 66.8 Å². The van der Waals surface area contributed by atoms with Crippen LogP contribution in [0.5, 0.6) is 11.5 Å². The molecule has 4 saturated carbocycles. The zero-order chi connectivity index (χ0) is 24.0. The summed E-state index contributed by atoms with van der Waals surface area (Å²) in [5, 5.41) is 10.4. The molecule has 6 heteroatoms. The molecule has 3 atom stereocenters. The standard InChI is InChI=1S/C28H43NO4S/c1-27(2)21-17-18-28(27,26(19-21)33-25-16-10-9-15-24(25)30)20-34(31,32)29(22-11-5-3-6-12-22)23-13-7-4-8-14-23/h9-10,15-16,21-23,26,30H,3-8,11-14,17-20H2,1-2H3. The Hall–Kier alpha value is -1.27. The molecule has 0 aromatic heterocycles. The van der Waals surface area contributed by atoms with Gasteiger partial charge in [0.05, 0.1) is 5.75 Å². The van der Waals surface area contributed by atoms with Gasteiger partial charge >= 0.3 is 0 Å². The molecule has 4 aliphatic rings. The number of rotatable bonds is 7. The van der Waals surface area contributed by atoms with Crippen LogP contribution in [0.15, 0.2) is 24.3 Å². The Morgan fingerprint density at radius 3 is 2.09 bits per heavy atom. The van der Waals surface area contributed by atoms with Crippen molar-refractivity contribution in [2.75, 3.05) is 5.75 Å². The first kappa shape index (κ1) is 24.4. The Labute approximate surface area is 206 Å². The van der Waals surface area contributed by atoms with Crippen molar-refractivity contribution >= 4 is 10.0 Å². The van der Waals surface area contributed by atoms with E-state index in [9.17, 15) is 13.5 Å². The highest BCUT2D eigenvalue weighted by molar-refractivity contribution is 7.89. The molecule has 0 heterocycles. The van der Waals surface area contributed by atoms with E-state index in [0.29, 0.717) is 11.7 Å². The Balaban J connectivity index is 1.47. The first-order valence-corrected chi connectivity index (χ1v) is 15.3. The molecule has 0 saturated heterocycles. The second-order valence-electron chi connectivity index (χ2n) is 12.1. The molecule has 4 fully saturated rings. The number of para-hydroxylation sites is 2. The van der Waals surface area contributed by atoms with E-state index in [1.165, 1.54) is 12.8 Å². The number of phenols is 1. The lowest BCUT2D eigenvalue weighted by Crippen LogP contribution is -2.55. The molecule has 34 heavy (non-hydrogen) atoms. The van der Waals surface area contributed by atoms with Crippen LogP contribution >= 0.6 is 0 Å². The molecule has 4 aliphatic carbocycles. The number of fused-ring (bicyclic) bond motifs is 2. The summed E-state index contributed by atoms with van der Waals surface area (Å²) >= 11 is 0. The molecule has 0 amide bonds. The maximum atomic E-state index is 14.4. The molecule has 1 N–H and O–H groups in total. The summed E-state index contributed by atoms with van der Waals surface area (Å²) in [7, 11) is -3.46. The average Bonchev–Trinajstić information content (AvgIpc) is 3.16. The SMILES string of the molecule is CC1(C)C2CCC1(CS(=O)(=O)N(C1CCCCC1)C1CCCCC1)C(Oc1ccccc1O)C2.